The first-order valence-electron chi connectivity index (χ1n) is 9.92. The van der Waals surface area contributed by atoms with E-state index in [1.807, 2.05) is 6.07 Å². The molecule has 0 aliphatic heterocycles. The van der Waals surface area contributed by atoms with E-state index in [0.717, 1.165) is 29.8 Å². The second kappa shape index (κ2) is 8.39. The second-order valence-corrected chi connectivity index (χ2v) is 7.63. The molecule has 1 aliphatic rings. The maximum Gasteiger partial charge on any atom is 0.416 e. The molecule has 0 N–H and O–H groups in total. The van der Waals surface area contributed by atoms with Gasteiger partial charge in [-0.3, -0.25) is 4.79 Å². The largest absolute Gasteiger partial charge is 0.416 e. The third kappa shape index (κ3) is 4.92. The van der Waals surface area contributed by atoms with Crippen molar-refractivity contribution in [2.24, 2.45) is 0 Å². The molecule has 0 atom stereocenters. The highest BCUT2D eigenvalue weighted by Crippen LogP contribution is 2.35. The molecule has 33 heavy (non-hydrogen) atoms. The highest BCUT2D eigenvalue weighted by Gasteiger charge is 2.31. The van der Waals surface area contributed by atoms with Gasteiger partial charge >= 0.3 is 12.4 Å². The number of hydrogen-bond donors (Lipinski definition) is 0. The number of ketones is 1. The lowest BCUT2D eigenvalue weighted by atomic mass is 9.81. The Labute approximate surface area is 185 Å². The summed E-state index contributed by atoms with van der Waals surface area (Å²) < 4.78 is 77.0. The van der Waals surface area contributed by atoms with Crippen LogP contribution in [-0.4, -0.2) is 5.78 Å². The van der Waals surface area contributed by atoms with Crippen molar-refractivity contribution in [3.05, 3.63) is 112 Å². The minimum absolute atomic E-state index is 0.292. The predicted molar refractivity (Wildman–Crippen MR) is 114 cm³/mol. The van der Waals surface area contributed by atoms with Crippen LogP contribution < -0.4 is 0 Å². The number of fused-ring (bicyclic) bond motifs is 1. The Balaban J connectivity index is 1.73. The van der Waals surface area contributed by atoms with Crippen molar-refractivity contribution >= 4 is 23.5 Å². The fraction of sp³-hybridized carbons (Fsp3) is 0.115. The summed E-state index contributed by atoms with van der Waals surface area (Å²) in [6.45, 7) is 0. The second-order valence-electron chi connectivity index (χ2n) is 7.63. The normalized spacial score (nSPS) is 16.8. The van der Waals surface area contributed by atoms with Crippen LogP contribution in [0, 0.1) is 0 Å². The smallest absolute Gasteiger partial charge is 0.289 e. The van der Waals surface area contributed by atoms with Crippen LogP contribution in [0.15, 0.2) is 78.4 Å². The number of alkyl halides is 6. The molecule has 0 spiro atoms. The molecule has 168 valence electrons. The summed E-state index contributed by atoms with van der Waals surface area (Å²) >= 11 is 0. The molecule has 0 unspecified atom stereocenters. The highest BCUT2D eigenvalue weighted by atomic mass is 19.4. The maximum absolute atomic E-state index is 13.3. The van der Waals surface area contributed by atoms with Gasteiger partial charge in [0.1, 0.15) is 0 Å². The highest BCUT2D eigenvalue weighted by molar-refractivity contribution is 6.35. The summed E-state index contributed by atoms with van der Waals surface area (Å²) in [6.07, 6.45) is -5.56. The van der Waals surface area contributed by atoms with Gasteiger partial charge in [0.2, 0.25) is 0 Å². The van der Waals surface area contributed by atoms with Crippen LogP contribution in [0.5, 0.6) is 0 Å². The number of carbonyl (C=O) groups is 1. The molecule has 0 amide bonds. The molecule has 0 heterocycles. The summed E-state index contributed by atoms with van der Waals surface area (Å²) in [5.41, 5.74) is 1.51. The van der Waals surface area contributed by atoms with Crippen molar-refractivity contribution in [1.82, 2.24) is 0 Å². The molecule has 4 rings (SSSR count). The number of halogens is 6. The number of benzene rings is 3. The summed E-state index contributed by atoms with van der Waals surface area (Å²) in [6, 6.07) is 16.1. The fourth-order valence-electron chi connectivity index (χ4n) is 3.68. The first-order chi connectivity index (χ1) is 15.5. The van der Waals surface area contributed by atoms with E-state index in [-0.39, 0.29) is 5.78 Å². The van der Waals surface area contributed by atoms with Crippen molar-refractivity contribution in [2.75, 3.05) is 0 Å². The molecule has 0 saturated carbocycles. The van der Waals surface area contributed by atoms with Crippen LogP contribution in [-0.2, 0) is 23.6 Å². The zero-order chi connectivity index (χ0) is 23.8. The number of hydrogen-bond acceptors (Lipinski definition) is 1. The quantitative estimate of drug-likeness (QED) is 0.288. The molecular formula is C26H16F6O. The Hall–Kier alpha value is -3.61. The van der Waals surface area contributed by atoms with E-state index in [2.05, 4.69) is 0 Å². The van der Waals surface area contributed by atoms with Gasteiger partial charge in [-0.05, 0) is 58.7 Å². The molecule has 0 saturated heterocycles. The molecule has 3 aromatic rings. The molecule has 0 fully saturated rings. The monoisotopic (exact) mass is 458 g/mol. The molecular weight excluding hydrogens is 442 g/mol. The first kappa shape index (κ1) is 22.6. The van der Waals surface area contributed by atoms with Gasteiger partial charge in [-0.15, -0.1) is 0 Å². The number of carbonyl (C=O) groups excluding carboxylic acids is 1. The van der Waals surface area contributed by atoms with Crippen LogP contribution in [0.4, 0.5) is 26.3 Å². The predicted octanol–water partition coefficient (Wildman–Crippen LogP) is 7.47. The Morgan fingerprint density at radius 1 is 0.636 bits per heavy atom. The minimum atomic E-state index is -4.46. The van der Waals surface area contributed by atoms with Crippen LogP contribution in [0.2, 0.25) is 0 Å². The van der Waals surface area contributed by atoms with E-state index in [4.69, 9.17) is 0 Å². The van der Waals surface area contributed by atoms with Crippen LogP contribution in [0.3, 0.4) is 0 Å². The zero-order valence-corrected chi connectivity index (χ0v) is 17.0. The Morgan fingerprint density at radius 3 is 1.64 bits per heavy atom. The summed E-state index contributed by atoms with van der Waals surface area (Å²) in [5.74, 6) is -0.325. The third-order valence-electron chi connectivity index (χ3n) is 5.35. The lowest BCUT2D eigenvalue weighted by Crippen LogP contribution is -2.16. The number of Topliss-reactive ketones (excluding diaryl/α,β-unsaturated/α-hetero) is 1. The lowest BCUT2D eigenvalue weighted by Gasteiger charge is -2.21. The van der Waals surface area contributed by atoms with Gasteiger partial charge in [-0.2, -0.15) is 26.3 Å². The van der Waals surface area contributed by atoms with E-state index in [9.17, 15) is 31.1 Å². The van der Waals surface area contributed by atoms with Crippen molar-refractivity contribution in [2.45, 2.75) is 18.8 Å². The average Bonchev–Trinajstić information content (AvgIpc) is 2.76. The van der Waals surface area contributed by atoms with Crippen LogP contribution in [0.1, 0.15) is 33.4 Å². The SMILES string of the molecule is O=C1/C(=C\c2ccc(C(F)(F)F)cc2)Cc2ccccc2/C1=C\c1ccc(C(F)(F)F)cc1. The van der Waals surface area contributed by atoms with Crippen molar-refractivity contribution < 1.29 is 31.1 Å². The van der Waals surface area contributed by atoms with Gasteiger partial charge in [-0.25, -0.2) is 0 Å². The Morgan fingerprint density at radius 2 is 1.12 bits per heavy atom. The summed E-state index contributed by atoms with van der Waals surface area (Å²) in [7, 11) is 0. The van der Waals surface area contributed by atoms with Gasteiger partial charge in [0.05, 0.1) is 11.1 Å². The van der Waals surface area contributed by atoms with Gasteiger partial charge in [0.25, 0.3) is 0 Å². The molecule has 0 radical (unpaired) electrons. The summed E-state index contributed by atoms with van der Waals surface area (Å²) in [4.78, 5) is 13.3. The van der Waals surface area contributed by atoms with Crippen LogP contribution in [0.25, 0.3) is 17.7 Å². The zero-order valence-electron chi connectivity index (χ0n) is 17.0. The van der Waals surface area contributed by atoms with Gasteiger partial charge < -0.3 is 0 Å². The van der Waals surface area contributed by atoms with Gasteiger partial charge in [-0.1, -0.05) is 48.5 Å². The maximum atomic E-state index is 13.3. The minimum Gasteiger partial charge on any atom is -0.289 e. The van der Waals surface area contributed by atoms with Crippen molar-refractivity contribution in [1.29, 1.82) is 0 Å². The standard InChI is InChI=1S/C26H16F6O/c27-25(28,29)20-9-5-16(6-10-20)13-19-15-18-3-1-2-4-22(18)23(24(19)33)14-17-7-11-21(12-8-17)26(30,31)32/h1-14H,15H2/b19-13-,23-14+. The van der Waals surface area contributed by atoms with Crippen LogP contribution >= 0.6 is 0 Å². The van der Waals surface area contributed by atoms with E-state index in [1.54, 1.807) is 24.3 Å². The van der Waals surface area contributed by atoms with E-state index < -0.39 is 23.5 Å². The van der Waals surface area contributed by atoms with Crippen molar-refractivity contribution in [3.63, 3.8) is 0 Å². The summed E-state index contributed by atoms with van der Waals surface area (Å²) in [5, 5.41) is 0. The van der Waals surface area contributed by atoms with E-state index in [1.165, 1.54) is 30.3 Å². The first-order valence-corrected chi connectivity index (χ1v) is 9.92. The average molecular weight is 458 g/mol. The Kier molecular flexibility index (Phi) is 5.74. The van der Waals surface area contributed by atoms with Gasteiger partial charge in [0, 0.05) is 17.6 Å². The molecule has 0 aromatic heterocycles. The number of rotatable bonds is 2. The Bertz CT molecular complexity index is 1240. The van der Waals surface area contributed by atoms with Gasteiger partial charge in [0.15, 0.2) is 5.78 Å². The molecule has 7 heteroatoms. The molecule has 3 aromatic carbocycles. The molecule has 1 aliphatic carbocycles. The van der Waals surface area contributed by atoms with E-state index in [0.29, 0.717) is 34.3 Å². The number of allylic oxidation sites excluding steroid dienone is 2. The molecule has 0 bridgehead atoms. The third-order valence-corrected chi connectivity index (χ3v) is 5.35. The van der Waals surface area contributed by atoms with Crippen molar-refractivity contribution in [3.8, 4) is 0 Å². The van der Waals surface area contributed by atoms with E-state index >= 15 is 0 Å². The molecule has 1 nitrogen and oxygen atoms in total. The lowest BCUT2D eigenvalue weighted by molar-refractivity contribution is -0.138. The topological polar surface area (TPSA) is 17.1 Å². The fourth-order valence-corrected chi connectivity index (χ4v) is 3.68.